The Kier molecular flexibility index (Phi) is 3.66. The van der Waals surface area contributed by atoms with E-state index in [1.165, 1.54) is 0 Å². The Morgan fingerprint density at radius 1 is 1.26 bits per heavy atom. The molecule has 1 saturated carbocycles. The zero-order chi connectivity index (χ0) is 14.3. The first kappa shape index (κ1) is 14.7. The zero-order valence-electron chi connectivity index (χ0n) is 11.8. The van der Waals surface area contributed by atoms with Gasteiger partial charge in [0.15, 0.2) is 9.84 Å². The summed E-state index contributed by atoms with van der Waals surface area (Å²) in [5, 5.41) is 9.40. The van der Waals surface area contributed by atoms with E-state index in [1.54, 1.807) is 24.3 Å². The molecule has 106 valence electrons. The van der Waals surface area contributed by atoms with E-state index >= 15 is 0 Å². The normalized spacial score (nSPS) is 27.3. The number of aliphatic hydroxyl groups excluding tert-OH is 1. The Labute approximate surface area is 116 Å². The van der Waals surface area contributed by atoms with Gasteiger partial charge in [-0.3, -0.25) is 0 Å². The van der Waals surface area contributed by atoms with Crippen molar-refractivity contribution >= 4 is 17.9 Å². The van der Waals surface area contributed by atoms with Crippen molar-refractivity contribution in [1.82, 2.24) is 0 Å². The van der Waals surface area contributed by atoms with Crippen molar-refractivity contribution in [2.75, 3.05) is 6.61 Å². The molecular formula is C14H22O3SSi. The first-order valence-corrected chi connectivity index (χ1v) is 11.8. The second-order valence-corrected chi connectivity index (χ2v) is 14.5. The van der Waals surface area contributed by atoms with Gasteiger partial charge in [0.1, 0.15) is 0 Å². The van der Waals surface area contributed by atoms with Gasteiger partial charge < -0.3 is 5.11 Å². The van der Waals surface area contributed by atoms with Crippen molar-refractivity contribution in [1.29, 1.82) is 0 Å². The summed E-state index contributed by atoms with van der Waals surface area (Å²) < 4.78 is 25.0. The van der Waals surface area contributed by atoms with Crippen LogP contribution in [0.2, 0.25) is 25.7 Å². The van der Waals surface area contributed by atoms with Crippen molar-refractivity contribution in [3.8, 4) is 0 Å². The number of sulfone groups is 1. The van der Waals surface area contributed by atoms with Gasteiger partial charge in [-0.25, -0.2) is 8.42 Å². The van der Waals surface area contributed by atoms with Crippen LogP contribution in [0.5, 0.6) is 0 Å². The lowest BCUT2D eigenvalue weighted by Crippen LogP contribution is -2.36. The SMILES string of the molecule is C[Si](C)(C)CC1(S(=O)(=O)c2ccccc2)C[C@@H]1CO. The summed E-state index contributed by atoms with van der Waals surface area (Å²) in [6, 6.07) is 9.38. The van der Waals surface area contributed by atoms with Crippen molar-refractivity contribution in [3.05, 3.63) is 30.3 Å². The smallest absolute Gasteiger partial charge is 0.184 e. The van der Waals surface area contributed by atoms with E-state index in [9.17, 15) is 13.5 Å². The second-order valence-electron chi connectivity index (χ2n) is 6.70. The van der Waals surface area contributed by atoms with Crippen LogP contribution in [0.25, 0.3) is 0 Å². The Balaban J connectivity index is 2.42. The van der Waals surface area contributed by atoms with Gasteiger partial charge in [-0.15, -0.1) is 0 Å². The summed E-state index contributed by atoms with van der Waals surface area (Å²) >= 11 is 0. The van der Waals surface area contributed by atoms with Crippen molar-refractivity contribution in [2.24, 2.45) is 5.92 Å². The number of benzene rings is 1. The average molecular weight is 298 g/mol. The topological polar surface area (TPSA) is 54.4 Å². The number of rotatable bonds is 5. The first-order chi connectivity index (χ1) is 8.73. The van der Waals surface area contributed by atoms with Crippen LogP contribution < -0.4 is 0 Å². The van der Waals surface area contributed by atoms with Crippen LogP contribution in [0, 0.1) is 5.92 Å². The number of hydrogen-bond acceptors (Lipinski definition) is 3. The van der Waals surface area contributed by atoms with Gasteiger partial charge in [0.25, 0.3) is 0 Å². The van der Waals surface area contributed by atoms with Crippen LogP contribution in [0.15, 0.2) is 35.2 Å². The fourth-order valence-corrected chi connectivity index (χ4v) is 9.17. The monoisotopic (exact) mass is 298 g/mol. The van der Waals surface area contributed by atoms with Crippen molar-refractivity contribution in [2.45, 2.75) is 41.7 Å². The highest BCUT2D eigenvalue weighted by molar-refractivity contribution is 7.93. The third kappa shape index (κ3) is 2.64. The molecule has 0 heterocycles. The summed E-state index contributed by atoms with van der Waals surface area (Å²) in [6.45, 7) is 6.52. The van der Waals surface area contributed by atoms with E-state index in [4.69, 9.17) is 0 Å². The molecule has 0 aromatic heterocycles. The van der Waals surface area contributed by atoms with Gasteiger partial charge in [-0.05, 0) is 24.6 Å². The fourth-order valence-electron chi connectivity index (χ4n) is 2.96. The van der Waals surface area contributed by atoms with Gasteiger partial charge in [0.05, 0.1) is 9.64 Å². The van der Waals surface area contributed by atoms with Crippen LogP contribution in [-0.4, -0.2) is 33.0 Å². The predicted molar refractivity (Wildman–Crippen MR) is 79.7 cm³/mol. The summed E-state index contributed by atoms with van der Waals surface area (Å²) in [7, 11) is -4.87. The molecule has 0 aliphatic heterocycles. The van der Waals surface area contributed by atoms with Crippen molar-refractivity contribution < 1.29 is 13.5 Å². The third-order valence-electron chi connectivity index (χ3n) is 3.81. The fraction of sp³-hybridized carbons (Fsp3) is 0.571. The van der Waals surface area contributed by atoms with E-state index in [-0.39, 0.29) is 12.5 Å². The molecule has 1 N–H and O–H groups in total. The molecule has 1 aliphatic carbocycles. The molecule has 0 saturated heterocycles. The molecule has 1 aliphatic rings. The highest BCUT2D eigenvalue weighted by Gasteiger charge is 2.64. The molecule has 0 spiro atoms. The maximum absolute atomic E-state index is 12.9. The molecule has 0 radical (unpaired) electrons. The minimum absolute atomic E-state index is 0.0312. The highest BCUT2D eigenvalue weighted by atomic mass is 32.2. The largest absolute Gasteiger partial charge is 0.396 e. The predicted octanol–water partition coefficient (Wildman–Crippen LogP) is 2.55. The summed E-state index contributed by atoms with van der Waals surface area (Å²) in [4.78, 5) is 0.393. The Bertz CT molecular complexity index is 548. The summed E-state index contributed by atoms with van der Waals surface area (Å²) in [5.74, 6) is -0.0931. The molecule has 5 heteroatoms. The molecule has 3 nitrogen and oxygen atoms in total. The second kappa shape index (κ2) is 4.72. The van der Waals surface area contributed by atoms with E-state index in [2.05, 4.69) is 19.6 Å². The van der Waals surface area contributed by atoms with Crippen LogP contribution in [0.3, 0.4) is 0 Å². The van der Waals surface area contributed by atoms with Gasteiger partial charge in [0, 0.05) is 20.6 Å². The van der Waals surface area contributed by atoms with E-state index in [0.717, 1.165) is 6.04 Å². The standard InChI is InChI=1S/C14H22O3SSi/c1-19(2,3)11-14(9-12(14)10-15)18(16,17)13-7-5-4-6-8-13/h4-8,12,15H,9-11H2,1-3H3/t12-,14?/m1/s1. The molecule has 1 fully saturated rings. The first-order valence-electron chi connectivity index (χ1n) is 6.63. The van der Waals surface area contributed by atoms with E-state index in [0.29, 0.717) is 11.3 Å². The molecular weight excluding hydrogens is 276 g/mol. The molecule has 0 bridgehead atoms. The van der Waals surface area contributed by atoms with Crippen LogP contribution in [0.1, 0.15) is 6.42 Å². The minimum atomic E-state index is -3.35. The van der Waals surface area contributed by atoms with Crippen LogP contribution in [-0.2, 0) is 9.84 Å². The zero-order valence-corrected chi connectivity index (χ0v) is 13.6. The van der Waals surface area contributed by atoms with E-state index in [1.807, 2.05) is 6.07 Å². The Hall–Kier alpha value is -0.653. The Morgan fingerprint density at radius 3 is 2.26 bits per heavy atom. The van der Waals surface area contributed by atoms with Gasteiger partial charge in [0.2, 0.25) is 0 Å². The minimum Gasteiger partial charge on any atom is -0.396 e. The molecule has 0 amide bonds. The van der Waals surface area contributed by atoms with Crippen LogP contribution in [0.4, 0.5) is 0 Å². The molecule has 2 atom stereocenters. The molecule has 1 unspecified atom stereocenters. The summed E-state index contributed by atoms with van der Waals surface area (Å²) in [5.41, 5.74) is 0. The maximum Gasteiger partial charge on any atom is 0.184 e. The van der Waals surface area contributed by atoms with Gasteiger partial charge in [-0.1, -0.05) is 37.8 Å². The van der Waals surface area contributed by atoms with E-state index < -0.39 is 22.7 Å². The number of aliphatic hydroxyl groups is 1. The molecule has 1 aromatic carbocycles. The summed E-state index contributed by atoms with van der Waals surface area (Å²) in [6.07, 6.45) is 0.602. The van der Waals surface area contributed by atoms with Crippen LogP contribution >= 0.6 is 0 Å². The van der Waals surface area contributed by atoms with Gasteiger partial charge >= 0.3 is 0 Å². The average Bonchev–Trinajstić information content (AvgIpc) is 3.03. The molecule has 19 heavy (non-hydrogen) atoms. The van der Waals surface area contributed by atoms with Gasteiger partial charge in [-0.2, -0.15) is 0 Å². The lowest BCUT2D eigenvalue weighted by atomic mass is 10.3. The lowest BCUT2D eigenvalue weighted by Gasteiger charge is -2.25. The Morgan fingerprint density at radius 2 is 1.84 bits per heavy atom. The highest BCUT2D eigenvalue weighted by Crippen LogP contribution is 2.56. The quantitative estimate of drug-likeness (QED) is 0.850. The number of hydrogen-bond donors (Lipinski definition) is 1. The lowest BCUT2D eigenvalue weighted by molar-refractivity contribution is 0.271. The molecule has 1 aromatic rings. The molecule has 2 rings (SSSR count). The maximum atomic E-state index is 12.9. The van der Waals surface area contributed by atoms with Crippen molar-refractivity contribution in [3.63, 3.8) is 0 Å². The third-order valence-corrected chi connectivity index (χ3v) is 8.37.